The molecule has 1 aliphatic rings. The van der Waals surface area contributed by atoms with E-state index in [0.29, 0.717) is 28.2 Å². The Morgan fingerprint density at radius 1 is 1.12 bits per heavy atom. The Morgan fingerprint density at radius 2 is 1.85 bits per heavy atom. The van der Waals surface area contributed by atoms with Gasteiger partial charge in [0.1, 0.15) is 29.9 Å². The fraction of sp³-hybridized carbons (Fsp3) is 0.429. The molecule has 1 saturated heterocycles. The second-order valence-corrected chi connectivity index (χ2v) is 10.0. The molecule has 0 bridgehead atoms. The van der Waals surface area contributed by atoms with Crippen LogP contribution >= 0.6 is 11.6 Å². The number of carbonyl (C=O) groups excluding carboxylic acids is 2. The number of carbonyl (C=O) groups is 2. The molecule has 40 heavy (non-hydrogen) atoms. The van der Waals surface area contributed by atoms with Crippen LogP contribution in [0.1, 0.15) is 41.0 Å². The highest BCUT2D eigenvalue weighted by molar-refractivity contribution is 6.31. The largest absolute Gasteiger partial charge is 0.493 e. The smallest absolute Gasteiger partial charge is 0.411 e. The zero-order valence-electron chi connectivity index (χ0n) is 23.6. The second kappa shape index (κ2) is 13.0. The summed E-state index contributed by atoms with van der Waals surface area (Å²) in [5, 5.41) is 3.44. The van der Waals surface area contributed by atoms with Gasteiger partial charge < -0.3 is 24.3 Å². The summed E-state index contributed by atoms with van der Waals surface area (Å²) in [5.41, 5.74) is -0.0895. The number of ether oxygens (including phenoxy) is 4. The third-order valence-corrected chi connectivity index (χ3v) is 6.07. The number of anilines is 2. The fourth-order valence-corrected chi connectivity index (χ4v) is 4.26. The van der Waals surface area contributed by atoms with Gasteiger partial charge in [-0.2, -0.15) is 0 Å². The van der Waals surface area contributed by atoms with Crippen molar-refractivity contribution in [1.82, 2.24) is 14.9 Å². The van der Waals surface area contributed by atoms with Gasteiger partial charge in [-0.15, -0.1) is 0 Å². The summed E-state index contributed by atoms with van der Waals surface area (Å²) in [6.07, 6.45) is 0.290. The van der Waals surface area contributed by atoms with E-state index in [4.69, 9.17) is 30.5 Å². The minimum absolute atomic E-state index is 0.0324. The number of esters is 1. The number of aromatic nitrogens is 2. The molecule has 2 atom stereocenters. The summed E-state index contributed by atoms with van der Waals surface area (Å²) in [5.74, 6) is -0.174. The summed E-state index contributed by atoms with van der Waals surface area (Å²) in [6, 6.07) is 7.03. The average Bonchev–Trinajstić information content (AvgIpc) is 3.35. The van der Waals surface area contributed by atoms with E-state index in [2.05, 4.69) is 15.3 Å². The number of hydrogen-bond acceptors (Lipinski definition) is 9. The van der Waals surface area contributed by atoms with Crippen molar-refractivity contribution in [2.24, 2.45) is 0 Å². The average molecular weight is 577 g/mol. The van der Waals surface area contributed by atoms with Crippen LogP contribution < -0.4 is 14.8 Å². The molecule has 1 fully saturated rings. The number of rotatable bonds is 6. The molecule has 4 rings (SSSR count). The maximum atomic E-state index is 14.5. The van der Waals surface area contributed by atoms with E-state index in [9.17, 15) is 14.0 Å². The van der Waals surface area contributed by atoms with Crippen LogP contribution in [0.2, 0.25) is 5.02 Å². The van der Waals surface area contributed by atoms with Gasteiger partial charge in [0, 0.05) is 17.9 Å². The number of fused-ring (bicyclic) bond motifs is 1. The maximum absolute atomic E-state index is 14.5. The number of nitrogens with zero attached hydrogens (tertiary/aromatic N) is 3. The summed E-state index contributed by atoms with van der Waals surface area (Å²) in [4.78, 5) is 35.1. The predicted molar refractivity (Wildman–Crippen MR) is 150 cm³/mol. The molecule has 1 aliphatic heterocycles. The Kier molecular flexibility index (Phi) is 9.97. The fourth-order valence-electron chi connectivity index (χ4n) is 4.09. The van der Waals surface area contributed by atoms with Crippen molar-refractivity contribution in [1.29, 1.82) is 0 Å². The Bertz CT molecular complexity index is 1370. The van der Waals surface area contributed by atoms with Gasteiger partial charge in [-0.1, -0.05) is 31.5 Å². The molecule has 2 heterocycles. The van der Waals surface area contributed by atoms with Gasteiger partial charge in [-0.05, 0) is 39.0 Å². The summed E-state index contributed by atoms with van der Waals surface area (Å²) in [7, 11) is 2.74. The highest BCUT2D eigenvalue weighted by Gasteiger charge is 2.43. The SMILES string of the molecule is CC.COC(=O)[C@@H]1CC(Oc2cc3c(Nc4cccc(Cl)c4F)ncnc3cc2OC)CN1C(=O)OC(C)(C)C. The van der Waals surface area contributed by atoms with Gasteiger partial charge in [0.25, 0.3) is 0 Å². The van der Waals surface area contributed by atoms with Crippen molar-refractivity contribution in [3.05, 3.63) is 47.5 Å². The minimum atomic E-state index is -0.877. The summed E-state index contributed by atoms with van der Waals surface area (Å²) in [6.45, 7) is 9.31. The first-order valence-corrected chi connectivity index (χ1v) is 13.2. The van der Waals surface area contributed by atoms with E-state index in [0.717, 1.165) is 0 Å². The molecular weight excluding hydrogens is 543 g/mol. The second-order valence-electron chi connectivity index (χ2n) is 9.62. The third kappa shape index (κ3) is 7.01. The van der Waals surface area contributed by atoms with Gasteiger partial charge in [0.15, 0.2) is 17.3 Å². The van der Waals surface area contributed by atoms with Crippen LogP contribution in [0.3, 0.4) is 0 Å². The van der Waals surface area contributed by atoms with Crippen molar-refractivity contribution in [2.75, 3.05) is 26.1 Å². The minimum Gasteiger partial charge on any atom is -0.493 e. The molecule has 10 nitrogen and oxygen atoms in total. The zero-order chi connectivity index (χ0) is 29.6. The third-order valence-electron chi connectivity index (χ3n) is 5.78. The van der Waals surface area contributed by atoms with E-state index in [1.807, 2.05) is 13.8 Å². The number of amides is 1. The first-order chi connectivity index (χ1) is 19.0. The maximum Gasteiger partial charge on any atom is 0.411 e. The topological polar surface area (TPSA) is 112 Å². The number of likely N-dealkylation sites (tertiary alicyclic amines) is 1. The Balaban J connectivity index is 0.00000216. The van der Waals surface area contributed by atoms with Gasteiger partial charge >= 0.3 is 12.1 Å². The molecule has 1 amide bonds. The molecular formula is C28H34ClFN4O6. The van der Waals surface area contributed by atoms with Crippen LogP contribution in [-0.4, -0.2) is 65.4 Å². The van der Waals surface area contributed by atoms with Gasteiger partial charge in [0.05, 0.1) is 37.0 Å². The normalized spacial score (nSPS) is 16.6. The predicted octanol–water partition coefficient (Wildman–Crippen LogP) is 6.13. The summed E-state index contributed by atoms with van der Waals surface area (Å²) < 4.78 is 36.6. The quantitative estimate of drug-likeness (QED) is 0.346. The van der Waals surface area contributed by atoms with Crippen LogP contribution in [0.25, 0.3) is 10.9 Å². The van der Waals surface area contributed by atoms with E-state index >= 15 is 0 Å². The molecule has 216 valence electrons. The highest BCUT2D eigenvalue weighted by Crippen LogP contribution is 2.37. The van der Waals surface area contributed by atoms with Crippen molar-refractivity contribution in [3.63, 3.8) is 0 Å². The lowest BCUT2D eigenvalue weighted by Crippen LogP contribution is -2.44. The van der Waals surface area contributed by atoms with E-state index in [-0.39, 0.29) is 23.7 Å². The van der Waals surface area contributed by atoms with Crippen molar-refractivity contribution in [2.45, 2.75) is 58.8 Å². The molecule has 2 aromatic carbocycles. The standard InChI is InChI=1S/C26H28ClFN4O6.C2H6/c1-26(2,3)38-25(34)32-12-14(9-19(32)24(33)36-5)37-21-10-15-18(11-20(21)35-4)29-13-30-23(15)31-17-8-6-7-16(27)22(17)28;1-2/h6-8,10-11,13-14,19H,9,12H2,1-5H3,(H,29,30,31);1-2H3/t14?,19-;/m0./s1. The number of hydrogen-bond donors (Lipinski definition) is 1. The molecule has 1 N–H and O–H groups in total. The highest BCUT2D eigenvalue weighted by atomic mass is 35.5. The lowest BCUT2D eigenvalue weighted by atomic mass is 10.1. The van der Waals surface area contributed by atoms with Crippen molar-refractivity contribution >= 4 is 46.1 Å². The lowest BCUT2D eigenvalue weighted by molar-refractivity contribution is -0.145. The number of nitrogens with one attached hydrogen (secondary N) is 1. The van der Waals surface area contributed by atoms with Gasteiger partial charge in [0.2, 0.25) is 0 Å². The zero-order valence-corrected chi connectivity index (χ0v) is 24.3. The van der Waals surface area contributed by atoms with Crippen LogP contribution in [0, 0.1) is 5.82 Å². The molecule has 0 spiro atoms. The first kappa shape index (κ1) is 30.7. The Morgan fingerprint density at radius 3 is 2.50 bits per heavy atom. The van der Waals surface area contributed by atoms with Crippen molar-refractivity contribution in [3.8, 4) is 11.5 Å². The van der Waals surface area contributed by atoms with Crippen LogP contribution in [-0.2, 0) is 14.3 Å². The number of halogens is 2. The van der Waals surface area contributed by atoms with E-state index in [1.54, 1.807) is 39.0 Å². The molecule has 1 aromatic heterocycles. The van der Waals surface area contributed by atoms with Gasteiger partial charge in [-0.25, -0.2) is 23.9 Å². The van der Waals surface area contributed by atoms with E-state index in [1.165, 1.54) is 37.6 Å². The van der Waals surface area contributed by atoms with E-state index < -0.39 is 35.6 Å². The number of benzene rings is 2. The molecule has 12 heteroatoms. The Labute approximate surface area is 237 Å². The van der Waals surface area contributed by atoms with Crippen LogP contribution in [0.4, 0.5) is 20.7 Å². The van der Waals surface area contributed by atoms with Crippen LogP contribution in [0.5, 0.6) is 11.5 Å². The summed E-state index contributed by atoms with van der Waals surface area (Å²) >= 11 is 5.92. The number of methoxy groups -OCH3 is 2. The lowest BCUT2D eigenvalue weighted by Gasteiger charge is -2.27. The molecule has 0 aliphatic carbocycles. The van der Waals surface area contributed by atoms with Crippen molar-refractivity contribution < 1.29 is 32.9 Å². The molecule has 0 saturated carbocycles. The van der Waals surface area contributed by atoms with Crippen LogP contribution in [0.15, 0.2) is 36.7 Å². The monoisotopic (exact) mass is 576 g/mol. The first-order valence-electron chi connectivity index (χ1n) is 12.8. The molecule has 1 unspecified atom stereocenters. The molecule has 3 aromatic rings. The van der Waals surface area contributed by atoms with Gasteiger partial charge in [-0.3, -0.25) is 4.90 Å². The Hall–Kier alpha value is -3.86. The molecule has 0 radical (unpaired) electrons.